The molecule has 0 aliphatic heterocycles. The van der Waals surface area contributed by atoms with Crippen molar-refractivity contribution in [2.24, 2.45) is 0 Å². The monoisotopic (exact) mass is 322 g/mol. The summed E-state index contributed by atoms with van der Waals surface area (Å²) in [4.78, 5) is 0. The van der Waals surface area contributed by atoms with Crippen LogP contribution in [-0.4, -0.2) is 0 Å². The molecular formula is C24H20N+. The van der Waals surface area contributed by atoms with Crippen LogP contribution in [0.5, 0.6) is 0 Å². The number of benzene rings is 3. The first-order chi connectivity index (χ1) is 12.4. The summed E-state index contributed by atoms with van der Waals surface area (Å²) in [5, 5.41) is 0. The Morgan fingerprint density at radius 3 is 1.72 bits per heavy atom. The zero-order valence-electron chi connectivity index (χ0n) is 14.0. The first-order valence-corrected chi connectivity index (χ1v) is 8.58. The minimum Gasteiger partial charge on any atom is -0.194 e. The van der Waals surface area contributed by atoms with Gasteiger partial charge in [-0.15, -0.1) is 0 Å². The lowest BCUT2D eigenvalue weighted by Crippen LogP contribution is -2.36. The van der Waals surface area contributed by atoms with Crippen molar-refractivity contribution in [2.45, 2.75) is 6.54 Å². The van der Waals surface area contributed by atoms with Crippen LogP contribution >= 0.6 is 0 Å². The summed E-state index contributed by atoms with van der Waals surface area (Å²) < 4.78 is 2.32. The van der Waals surface area contributed by atoms with Crippen LogP contribution in [0.3, 0.4) is 0 Å². The van der Waals surface area contributed by atoms with E-state index >= 15 is 0 Å². The van der Waals surface area contributed by atoms with Crippen molar-refractivity contribution < 1.29 is 4.57 Å². The van der Waals surface area contributed by atoms with E-state index in [-0.39, 0.29) is 0 Å². The van der Waals surface area contributed by atoms with E-state index in [2.05, 4.69) is 114 Å². The van der Waals surface area contributed by atoms with Crippen LogP contribution < -0.4 is 4.57 Å². The van der Waals surface area contributed by atoms with E-state index in [0.29, 0.717) is 0 Å². The Morgan fingerprint density at radius 1 is 0.520 bits per heavy atom. The van der Waals surface area contributed by atoms with E-state index in [4.69, 9.17) is 0 Å². The van der Waals surface area contributed by atoms with Gasteiger partial charge in [0.1, 0.15) is 0 Å². The summed E-state index contributed by atoms with van der Waals surface area (Å²) in [6.45, 7) is 0.861. The Morgan fingerprint density at radius 2 is 1.08 bits per heavy atom. The Bertz CT molecular complexity index is 945. The SMILES string of the molecule is c1ccc(C[n+]2ccc(-c3ccccc3)cc2-c2ccccc2)cc1. The predicted octanol–water partition coefficient (Wildman–Crippen LogP) is 5.36. The lowest BCUT2D eigenvalue weighted by atomic mass is 10.0. The van der Waals surface area contributed by atoms with Gasteiger partial charge in [0.05, 0.1) is 0 Å². The highest BCUT2D eigenvalue weighted by atomic mass is 15.0. The summed E-state index contributed by atoms with van der Waals surface area (Å²) in [5.41, 5.74) is 6.24. The zero-order valence-corrected chi connectivity index (χ0v) is 14.0. The second-order valence-electron chi connectivity index (χ2n) is 6.15. The van der Waals surface area contributed by atoms with Crippen molar-refractivity contribution >= 4 is 0 Å². The van der Waals surface area contributed by atoms with Gasteiger partial charge in [-0.3, -0.25) is 0 Å². The molecule has 25 heavy (non-hydrogen) atoms. The van der Waals surface area contributed by atoms with Gasteiger partial charge in [-0.2, -0.15) is 4.57 Å². The average Bonchev–Trinajstić information content (AvgIpc) is 2.70. The molecule has 0 saturated carbocycles. The molecule has 0 fully saturated rings. The lowest BCUT2D eigenvalue weighted by molar-refractivity contribution is -0.677. The van der Waals surface area contributed by atoms with Crippen LogP contribution in [0.25, 0.3) is 22.4 Å². The summed E-state index contributed by atoms with van der Waals surface area (Å²) >= 11 is 0. The summed E-state index contributed by atoms with van der Waals surface area (Å²) in [7, 11) is 0. The average molecular weight is 322 g/mol. The lowest BCUT2D eigenvalue weighted by Gasteiger charge is -2.08. The summed E-state index contributed by atoms with van der Waals surface area (Å²) in [6.07, 6.45) is 2.19. The van der Waals surface area contributed by atoms with Crippen molar-refractivity contribution in [2.75, 3.05) is 0 Å². The molecule has 0 atom stereocenters. The van der Waals surface area contributed by atoms with E-state index in [0.717, 1.165) is 6.54 Å². The van der Waals surface area contributed by atoms with Crippen LogP contribution in [0.15, 0.2) is 109 Å². The fourth-order valence-corrected chi connectivity index (χ4v) is 3.12. The molecule has 120 valence electrons. The molecule has 0 saturated heterocycles. The molecule has 1 heteroatoms. The van der Waals surface area contributed by atoms with Crippen molar-refractivity contribution in [1.82, 2.24) is 0 Å². The highest BCUT2D eigenvalue weighted by Gasteiger charge is 2.15. The normalized spacial score (nSPS) is 10.6. The second-order valence-corrected chi connectivity index (χ2v) is 6.15. The molecule has 4 aromatic rings. The van der Waals surface area contributed by atoms with Gasteiger partial charge >= 0.3 is 0 Å². The fraction of sp³-hybridized carbons (Fsp3) is 0.0417. The predicted molar refractivity (Wildman–Crippen MR) is 103 cm³/mol. The van der Waals surface area contributed by atoms with Gasteiger partial charge in [-0.1, -0.05) is 78.9 Å². The third kappa shape index (κ3) is 3.51. The zero-order chi connectivity index (χ0) is 16.9. The molecule has 3 aromatic carbocycles. The Balaban J connectivity index is 1.81. The van der Waals surface area contributed by atoms with Crippen LogP contribution in [-0.2, 0) is 6.54 Å². The molecular weight excluding hydrogens is 302 g/mol. The maximum absolute atomic E-state index is 2.32. The second kappa shape index (κ2) is 7.14. The highest BCUT2D eigenvalue weighted by Crippen LogP contribution is 2.23. The molecule has 1 aromatic heterocycles. The van der Waals surface area contributed by atoms with Gasteiger partial charge in [-0.25, -0.2) is 0 Å². The molecule has 1 nitrogen and oxygen atoms in total. The van der Waals surface area contributed by atoms with E-state index < -0.39 is 0 Å². The smallest absolute Gasteiger partial charge is 0.194 e. The third-order valence-corrected chi connectivity index (χ3v) is 4.41. The van der Waals surface area contributed by atoms with Gasteiger partial charge < -0.3 is 0 Å². The highest BCUT2D eigenvalue weighted by molar-refractivity contribution is 5.68. The molecule has 0 radical (unpaired) electrons. The fourth-order valence-electron chi connectivity index (χ4n) is 3.12. The van der Waals surface area contributed by atoms with Crippen molar-refractivity contribution in [3.05, 3.63) is 115 Å². The number of aromatic nitrogens is 1. The Labute approximate surface area is 148 Å². The first-order valence-electron chi connectivity index (χ1n) is 8.58. The molecule has 0 bridgehead atoms. The molecule has 0 unspecified atom stereocenters. The van der Waals surface area contributed by atoms with Gasteiger partial charge in [0.15, 0.2) is 12.7 Å². The summed E-state index contributed by atoms with van der Waals surface area (Å²) in [5.74, 6) is 0. The number of rotatable bonds is 4. The van der Waals surface area contributed by atoms with Crippen LogP contribution in [0.1, 0.15) is 5.56 Å². The van der Waals surface area contributed by atoms with E-state index in [1.165, 1.54) is 27.9 Å². The van der Waals surface area contributed by atoms with Crippen molar-refractivity contribution in [3.8, 4) is 22.4 Å². The number of pyridine rings is 1. The molecule has 0 N–H and O–H groups in total. The standard InChI is InChI=1S/C24H20N/c1-4-10-20(11-5-1)19-25-17-16-23(21-12-6-2-7-13-21)18-24(25)22-14-8-3-9-15-22/h1-18H,19H2/q+1. The number of hydrogen-bond acceptors (Lipinski definition) is 0. The quantitative estimate of drug-likeness (QED) is 0.446. The maximum atomic E-state index is 2.32. The molecule has 0 aliphatic carbocycles. The largest absolute Gasteiger partial charge is 0.213 e. The van der Waals surface area contributed by atoms with Crippen molar-refractivity contribution in [3.63, 3.8) is 0 Å². The summed E-state index contributed by atoms with van der Waals surface area (Å²) in [6, 6.07) is 36.2. The minimum atomic E-state index is 0.861. The van der Waals surface area contributed by atoms with E-state index in [9.17, 15) is 0 Å². The molecule has 0 spiro atoms. The van der Waals surface area contributed by atoms with E-state index in [1.807, 2.05) is 0 Å². The van der Waals surface area contributed by atoms with Gasteiger partial charge in [0, 0.05) is 23.3 Å². The topological polar surface area (TPSA) is 3.88 Å². The van der Waals surface area contributed by atoms with Gasteiger partial charge in [0.25, 0.3) is 0 Å². The number of nitrogens with zero attached hydrogens (tertiary/aromatic N) is 1. The van der Waals surface area contributed by atoms with Gasteiger partial charge in [0.2, 0.25) is 5.69 Å². The molecule has 0 amide bonds. The van der Waals surface area contributed by atoms with Crippen molar-refractivity contribution in [1.29, 1.82) is 0 Å². The minimum absolute atomic E-state index is 0.861. The number of hydrogen-bond donors (Lipinski definition) is 0. The van der Waals surface area contributed by atoms with Crippen LogP contribution in [0.2, 0.25) is 0 Å². The van der Waals surface area contributed by atoms with Crippen LogP contribution in [0.4, 0.5) is 0 Å². The molecule has 4 rings (SSSR count). The molecule has 1 heterocycles. The van der Waals surface area contributed by atoms with E-state index in [1.54, 1.807) is 0 Å². The van der Waals surface area contributed by atoms with Gasteiger partial charge in [-0.05, 0) is 23.3 Å². The molecule has 0 aliphatic rings. The third-order valence-electron chi connectivity index (χ3n) is 4.41. The first kappa shape index (κ1) is 15.3. The Kier molecular flexibility index (Phi) is 4.38. The Hall–Kier alpha value is -3.19. The maximum Gasteiger partial charge on any atom is 0.213 e. The van der Waals surface area contributed by atoms with Crippen LogP contribution in [0, 0.1) is 0 Å².